The van der Waals surface area contributed by atoms with Crippen LogP contribution in [0.1, 0.15) is 17.4 Å². The first-order valence-electron chi connectivity index (χ1n) is 8.64. The molecule has 138 valence electrons. The second-order valence-corrected chi connectivity index (χ2v) is 6.21. The van der Waals surface area contributed by atoms with Crippen LogP contribution >= 0.6 is 0 Å². The number of hydrogen-bond donors (Lipinski definition) is 2. The number of hydrogen-bond acceptors (Lipinski definition) is 5. The summed E-state index contributed by atoms with van der Waals surface area (Å²) in [5.41, 5.74) is 1.61. The highest BCUT2D eigenvalue weighted by Gasteiger charge is 2.26. The van der Waals surface area contributed by atoms with E-state index in [1.165, 1.54) is 0 Å². The molecule has 1 fully saturated rings. The molecule has 26 heavy (non-hydrogen) atoms. The fourth-order valence-electron chi connectivity index (χ4n) is 2.96. The maximum absolute atomic E-state index is 12.2. The molecule has 2 amide bonds. The lowest BCUT2D eigenvalue weighted by atomic mass is 10.1. The van der Waals surface area contributed by atoms with Gasteiger partial charge < -0.3 is 19.8 Å². The Morgan fingerprint density at radius 1 is 1.15 bits per heavy atom. The predicted molar refractivity (Wildman–Crippen MR) is 96.7 cm³/mol. The van der Waals surface area contributed by atoms with E-state index in [1.54, 1.807) is 12.3 Å². The van der Waals surface area contributed by atoms with E-state index in [-0.39, 0.29) is 12.6 Å². The van der Waals surface area contributed by atoms with Crippen LogP contribution in [0.15, 0.2) is 47.1 Å². The maximum Gasteiger partial charge on any atom is 0.313 e. The van der Waals surface area contributed by atoms with Crippen molar-refractivity contribution in [3.63, 3.8) is 0 Å². The topological polar surface area (TPSA) is 83.8 Å². The van der Waals surface area contributed by atoms with Crippen molar-refractivity contribution in [2.24, 2.45) is 0 Å². The smallest absolute Gasteiger partial charge is 0.313 e. The monoisotopic (exact) mass is 357 g/mol. The molecular weight excluding hydrogens is 334 g/mol. The minimum atomic E-state index is -0.684. The summed E-state index contributed by atoms with van der Waals surface area (Å²) in [6.07, 6.45) is 1.61. The Hall–Kier alpha value is -2.64. The standard InChI is InChI=1S/C19H23N3O4/c1-14-4-2-5-15(12-14)21-19(24)18(23)20-13-16(17-6-3-9-26-17)22-7-10-25-11-8-22/h2-6,9,12,16H,7-8,10-11,13H2,1H3,(H,20,23)(H,21,24). The van der Waals surface area contributed by atoms with Gasteiger partial charge in [-0.2, -0.15) is 0 Å². The van der Waals surface area contributed by atoms with Crippen molar-refractivity contribution in [3.8, 4) is 0 Å². The van der Waals surface area contributed by atoms with Gasteiger partial charge in [-0.15, -0.1) is 0 Å². The average molecular weight is 357 g/mol. The number of anilines is 1. The number of carbonyl (C=O) groups excluding carboxylic acids is 2. The molecule has 0 spiro atoms. The van der Waals surface area contributed by atoms with E-state index in [1.807, 2.05) is 37.3 Å². The third-order valence-electron chi connectivity index (χ3n) is 4.30. The fraction of sp³-hybridized carbons (Fsp3) is 0.368. The van der Waals surface area contributed by atoms with Gasteiger partial charge in [0.2, 0.25) is 0 Å². The summed E-state index contributed by atoms with van der Waals surface area (Å²) >= 11 is 0. The number of benzene rings is 1. The van der Waals surface area contributed by atoms with Gasteiger partial charge in [0, 0.05) is 25.3 Å². The maximum atomic E-state index is 12.2. The number of aryl methyl sites for hydroxylation is 1. The minimum absolute atomic E-state index is 0.135. The summed E-state index contributed by atoms with van der Waals surface area (Å²) < 4.78 is 10.9. The molecule has 1 aromatic heterocycles. The summed E-state index contributed by atoms with van der Waals surface area (Å²) in [5.74, 6) is -0.599. The molecule has 2 heterocycles. The Bertz CT molecular complexity index is 739. The van der Waals surface area contributed by atoms with Crippen molar-refractivity contribution in [1.82, 2.24) is 10.2 Å². The summed E-state index contributed by atoms with van der Waals surface area (Å²) in [7, 11) is 0. The van der Waals surface area contributed by atoms with E-state index < -0.39 is 11.8 Å². The lowest BCUT2D eigenvalue weighted by Gasteiger charge is -2.33. The molecule has 3 rings (SSSR count). The summed E-state index contributed by atoms with van der Waals surface area (Å²) in [4.78, 5) is 26.5. The average Bonchev–Trinajstić information content (AvgIpc) is 3.17. The van der Waals surface area contributed by atoms with Gasteiger partial charge in [0.25, 0.3) is 0 Å². The van der Waals surface area contributed by atoms with Crippen LogP contribution in [0.25, 0.3) is 0 Å². The minimum Gasteiger partial charge on any atom is -0.468 e. The molecule has 1 aromatic carbocycles. The van der Waals surface area contributed by atoms with E-state index >= 15 is 0 Å². The van der Waals surface area contributed by atoms with Crippen LogP contribution in [-0.4, -0.2) is 49.6 Å². The molecule has 2 aromatic rings. The molecule has 1 atom stereocenters. The molecule has 1 aliphatic heterocycles. The number of amides is 2. The fourth-order valence-corrected chi connectivity index (χ4v) is 2.96. The molecule has 1 unspecified atom stereocenters. The highest BCUT2D eigenvalue weighted by Crippen LogP contribution is 2.21. The quantitative estimate of drug-likeness (QED) is 0.796. The third-order valence-corrected chi connectivity index (χ3v) is 4.30. The molecule has 0 radical (unpaired) electrons. The van der Waals surface area contributed by atoms with Crippen molar-refractivity contribution in [2.75, 3.05) is 38.2 Å². The highest BCUT2D eigenvalue weighted by atomic mass is 16.5. The lowest BCUT2D eigenvalue weighted by molar-refractivity contribution is -0.136. The molecule has 0 saturated carbocycles. The molecule has 7 heteroatoms. The molecule has 2 N–H and O–H groups in total. The van der Waals surface area contributed by atoms with Crippen molar-refractivity contribution in [1.29, 1.82) is 0 Å². The number of furan rings is 1. The zero-order valence-corrected chi connectivity index (χ0v) is 14.7. The van der Waals surface area contributed by atoms with Crippen LogP contribution < -0.4 is 10.6 Å². The highest BCUT2D eigenvalue weighted by molar-refractivity contribution is 6.39. The number of ether oxygens (including phenoxy) is 1. The van der Waals surface area contributed by atoms with Crippen LogP contribution in [0.2, 0.25) is 0 Å². The van der Waals surface area contributed by atoms with E-state index in [4.69, 9.17) is 9.15 Å². The van der Waals surface area contributed by atoms with Crippen LogP contribution in [0.3, 0.4) is 0 Å². The van der Waals surface area contributed by atoms with Gasteiger partial charge in [-0.25, -0.2) is 0 Å². The van der Waals surface area contributed by atoms with Gasteiger partial charge in [-0.3, -0.25) is 14.5 Å². The Labute approximate surface area is 152 Å². The van der Waals surface area contributed by atoms with E-state index in [0.29, 0.717) is 18.9 Å². The third kappa shape index (κ3) is 4.71. The van der Waals surface area contributed by atoms with E-state index in [2.05, 4.69) is 15.5 Å². The van der Waals surface area contributed by atoms with Crippen molar-refractivity contribution >= 4 is 17.5 Å². The van der Waals surface area contributed by atoms with E-state index in [9.17, 15) is 9.59 Å². The Morgan fingerprint density at radius 3 is 2.65 bits per heavy atom. The van der Waals surface area contributed by atoms with E-state index in [0.717, 1.165) is 24.4 Å². The number of carbonyl (C=O) groups is 2. The first-order valence-corrected chi connectivity index (χ1v) is 8.64. The zero-order valence-electron chi connectivity index (χ0n) is 14.7. The summed E-state index contributed by atoms with van der Waals surface area (Å²) in [6.45, 7) is 4.98. The van der Waals surface area contributed by atoms with Gasteiger partial charge in [0.15, 0.2) is 0 Å². The van der Waals surface area contributed by atoms with Gasteiger partial charge in [-0.1, -0.05) is 12.1 Å². The second kappa shape index (κ2) is 8.64. The van der Waals surface area contributed by atoms with Gasteiger partial charge >= 0.3 is 11.8 Å². The molecular formula is C19H23N3O4. The molecule has 1 saturated heterocycles. The normalized spacial score (nSPS) is 16.0. The second-order valence-electron chi connectivity index (χ2n) is 6.21. The number of morpholine rings is 1. The largest absolute Gasteiger partial charge is 0.468 e. The SMILES string of the molecule is Cc1cccc(NC(=O)C(=O)NCC(c2ccco2)N2CCOCC2)c1. The molecule has 7 nitrogen and oxygen atoms in total. The van der Waals surface area contributed by atoms with Crippen molar-refractivity contribution in [3.05, 3.63) is 54.0 Å². The van der Waals surface area contributed by atoms with Crippen molar-refractivity contribution in [2.45, 2.75) is 13.0 Å². The molecule has 1 aliphatic rings. The lowest BCUT2D eigenvalue weighted by Crippen LogP contribution is -2.45. The summed E-state index contributed by atoms with van der Waals surface area (Å²) in [6, 6.07) is 10.9. The van der Waals surface area contributed by atoms with Gasteiger partial charge in [0.05, 0.1) is 25.5 Å². The number of rotatable bonds is 5. The molecule has 0 bridgehead atoms. The first-order chi connectivity index (χ1) is 12.6. The van der Waals surface area contributed by atoms with Crippen LogP contribution in [-0.2, 0) is 14.3 Å². The number of nitrogens with zero attached hydrogens (tertiary/aromatic N) is 1. The van der Waals surface area contributed by atoms with Crippen LogP contribution in [0.5, 0.6) is 0 Å². The predicted octanol–water partition coefficient (Wildman–Crippen LogP) is 1.72. The Balaban J connectivity index is 1.59. The Kier molecular flexibility index (Phi) is 6.04. The zero-order chi connectivity index (χ0) is 18.4. The summed E-state index contributed by atoms with van der Waals surface area (Å²) in [5, 5.41) is 5.32. The first kappa shape index (κ1) is 18.2. The van der Waals surface area contributed by atoms with Crippen LogP contribution in [0.4, 0.5) is 5.69 Å². The van der Waals surface area contributed by atoms with Gasteiger partial charge in [0.1, 0.15) is 5.76 Å². The Morgan fingerprint density at radius 2 is 1.96 bits per heavy atom. The van der Waals surface area contributed by atoms with Crippen molar-refractivity contribution < 1.29 is 18.7 Å². The van der Waals surface area contributed by atoms with Crippen LogP contribution in [0, 0.1) is 6.92 Å². The van der Waals surface area contributed by atoms with Gasteiger partial charge in [-0.05, 0) is 36.8 Å². The molecule has 0 aliphatic carbocycles. The number of nitrogens with one attached hydrogen (secondary N) is 2.